The minimum absolute atomic E-state index is 0.0210. The molecule has 5 N–H and O–H groups in total. The van der Waals surface area contributed by atoms with Crippen LogP contribution in [0.2, 0.25) is 0 Å². The van der Waals surface area contributed by atoms with Crippen molar-refractivity contribution in [1.29, 1.82) is 0 Å². The molecular weight excluding hydrogens is 335 g/mol. The SMILES string of the molecule is O=c1[nH]cnc2c1ncn2C1OC(COP(=O)(O)O)[C@@H](O)[C@H]1O. The quantitative estimate of drug-likeness (QED) is 0.382. The Morgan fingerprint density at radius 3 is 2.78 bits per heavy atom. The van der Waals surface area contributed by atoms with Gasteiger partial charge in [0.1, 0.15) is 18.3 Å². The van der Waals surface area contributed by atoms with Gasteiger partial charge >= 0.3 is 7.82 Å². The highest BCUT2D eigenvalue weighted by molar-refractivity contribution is 7.46. The van der Waals surface area contributed by atoms with Crippen molar-refractivity contribution in [2.24, 2.45) is 0 Å². The summed E-state index contributed by atoms with van der Waals surface area (Å²) in [5.74, 6) is 0. The summed E-state index contributed by atoms with van der Waals surface area (Å²) in [5, 5.41) is 20.0. The molecule has 1 saturated heterocycles. The summed E-state index contributed by atoms with van der Waals surface area (Å²) in [6.45, 7) is -0.625. The standard InChI is InChI=1S/C10H13N4O8P/c15-6-4(1-21-23(18,19)20)22-10(7(6)16)14-3-13-5-8(14)11-2-12-9(5)17/h2-4,6-7,10,15-16H,1H2,(H,11,12,17)(H2,18,19,20)/t4?,6-,7-,10?/m1/s1. The van der Waals surface area contributed by atoms with Crippen LogP contribution in [0.1, 0.15) is 6.23 Å². The van der Waals surface area contributed by atoms with Crippen LogP contribution < -0.4 is 5.56 Å². The van der Waals surface area contributed by atoms with E-state index in [0.717, 1.165) is 6.33 Å². The van der Waals surface area contributed by atoms with Gasteiger partial charge < -0.3 is 29.7 Å². The maximum atomic E-state index is 11.6. The van der Waals surface area contributed by atoms with Crippen molar-refractivity contribution in [2.45, 2.75) is 24.5 Å². The predicted molar refractivity (Wildman–Crippen MR) is 72.1 cm³/mol. The van der Waals surface area contributed by atoms with E-state index < -0.39 is 44.5 Å². The number of aromatic amines is 1. The van der Waals surface area contributed by atoms with Crippen molar-refractivity contribution in [2.75, 3.05) is 6.61 Å². The normalized spacial score (nSPS) is 28.5. The molecule has 1 aliphatic rings. The highest BCUT2D eigenvalue weighted by Crippen LogP contribution is 2.38. The number of phosphoric ester groups is 1. The van der Waals surface area contributed by atoms with Crippen LogP contribution in [0.25, 0.3) is 11.2 Å². The van der Waals surface area contributed by atoms with Crippen LogP contribution >= 0.6 is 7.82 Å². The van der Waals surface area contributed by atoms with E-state index >= 15 is 0 Å². The summed E-state index contributed by atoms with van der Waals surface area (Å²) in [6, 6.07) is 0. The van der Waals surface area contributed by atoms with E-state index in [-0.39, 0.29) is 11.2 Å². The van der Waals surface area contributed by atoms with E-state index in [4.69, 9.17) is 14.5 Å². The summed E-state index contributed by atoms with van der Waals surface area (Å²) in [7, 11) is -4.74. The van der Waals surface area contributed by atoms with Gasteiger partial charge in [-0.2, -0.15) is 0 Å². The van der Waals surface area contributed by atoms with Crippen molar-refractivity contribution in [3.63, 3.8) is 0 Å². The molecule has 0 saturated carbocycles. The van der Waals surface area contributed by atoms with Gasteiger partial charge in [-0.25, -0.2) is 14.5 Å². The smallest absolute Gasteiger partial charge is 0.387 e. The monoisotopic (exact) mass is 348 g/mol. The molecule has 13 heteroatoms. The van der Waals surface area contributed by atoms with Gasteiger partial charge in [-0.1, -0.05) is 0 Å². The molecule has 1 aliphatic heterocycles. The molecule has 0 bridgehead atoms. The average Bonchev–Trinajstić information content (AvgIpc) is 3.01. The number of hydrogen-bond donors (Lipinski definition) is 5. The fraction of sp³-hybridized carbons (Fsp3) is 0.500. The van der Waals surface area contributed by atoms with Crippen molar-refractivity contribution in [3.05, 3.63) is 23.0 Å². The van der Waals surface area contributed by atoms with Crippen molar-refractivity contribution in [1.82, 2.24) is 19.5 Å². The number of ether oxygens (including phenoxy) is 1. The number of nitrogens with zero attached hydrogens (tertiary/aromatic N) is 3. The van der Waals surface area contributed by atoms with Crippen molar-refractivity contribution in [3.8, 4) is 0 Å². The van der Waals surface area contributed by atoms with Gasteiger partial charge in [0.2, 0.25) is 0 Å². The number of rotatable bonds is 4. The summed E-state index contributed by atoms with van der Waals surface area (Å²) >= 11 is 0. The number of imidazole rings is 1. The summed E-state index contributed by atoms with van der Waals surface area (Å²) < 4.78 is 21.6. The predicted octanol–water partition coefficient (Wildman–Crippen LogP) is -2.15. The highest BCUT2D eigenvalue weighted by atomic mass is 31.2. The van der Waals surface area contributed by atoms with Crippen molar-refractivity contribution >= 4 is 19.0 Å². The van der Waals surface area contributed by atoms with Gasteiger partial charge in [0.25, 0.3) is 5.56 Å². The fourth-order valence-electron chi connectivity index (χ4n) is 2.32. The zero-order valence-corrected chi connectivity index (χ0v) is 12.3. The number of fused-ring (bicyclic) bond motifs is 1. The van der Waals surface area contributed by atoms with E-state index in [9.17, 15) is 19.6 Å². The van der Waals surface area contributed by atoms with Gasteiger partial charge in [0.15, 0.2) is 17.4 Å². The minimum Gasteiger partial charge on any atom is -0.387 e. The van der Waals surface area contributed by atoms with E-state index in [1.807, 2.05) is 0 Å². The molecule has 0 spiro atoms. The van der Waals surface area contributed by atoms with Crippen LogP contribution in [0.15, 0.2) is 17.4 Å². The maximum absolute atomic E-state index is 11.6. The second kappa shape index (κ2) is 5.76. The molecule has 3 rings (SSSR count). The maximum Gasteiger partial charge on any atom is 0.469 e. The molecule has 2 unspecified atom stereocenters. The minimum atomic E-state index is -4.74. The van der Waals surface area contributed by atoms with Gasteiger partial charge in [-0.05, 0) is 0 Å². The molecule has 2 aromatic rings. The lowest BCUT2D eigenvalue weighted by molar-refractivity contribution is -0.0504. The molecule has 0 amide bonds. The Balaban J connectivity index is 1.87. The van der Waals surface area contributed by atoms with Crippen molar-refractivity contribution < 1.29 is 33.8 Å². The highest BCUT2D eigenvalue weighted by Gasteiger charge is 2.45. The molecule has 0 aromatic carbocycles. The largest absolute Gasteiger partial charge is 0.469 e. The zero-order chi connectivity index (χ0) is 16.8. The molecule has 1 fully saturated rings. The topological polar surface area (TPSA) is 180 Å². The van der Waals surface area contributed by atoms with Crippen LogP contribution in [0.3, 0.4) is 0 Å². The van der Waals surface area contributed by atoms with E-state index in [2.05, 4.69) is 19.5 Å². The first-order valence-electron chi connectivity index (χ1n) is 6.40. The number of nitrogens with one attached hydrogen (secondary N) is 1. The Morgan fingerprint density at radius 1 is 1.35 bits per heavy atom. The summed E-state index contributed by atoms with van der Waals surface area (Å²) in [4.78, 5) is 39.1. The second-order valence-electron chi connectivity index (χ2n) is 4.89. The Bertz CT molecular complexity index is 815. The molecule has 3 heterocycles. The lowest BCUT2D eigenvalue weighted by atomic mass is 10.1. The Kier molecular flexibility index (Phi) is 4.06. The Labute approximate surface area is 127 Å². The van der Waals surface area contributed by atoms with Gasteiger partial charge in [0, 0.05) is 0 Å². The van der Waals surface area contributed by atoms with Crippen LogP contribution in [0, 0.1) is 0 Å². The summed E-state index contributed by atoms with van der Waals surface area (Å²) in [5.41, 5.74) is -0.336. The summed E-state index contributed by atoms with van der Waals surface area (Å²) in [6.07, 6.45) is -2.85. The molecule has 4 atom stereocenters. The zero-order valence-electron chi connectivity index (χ0n) is 11.4. The molecule has 2 aromatic heterocycles. The van der Waals surface area contributed by atoms with E-state index in [1.54, 1.807) is 0 Å². The first-order chi connectivity index (χ1) is 10.8. The van der Waals surface area contributed by atoms with Crippen LogP contribution in [-0.2, 0) is 13.8 Å². The number of aliphatic hydroxyl groups is 2. The van der Waals surface area contributed by atoms with E-state index in [1.165, 1.54) is 10.9 Å². The van der Waals surface area contributed by atoms with Crippen LogP contribution in [0.4, 0.5) is 0 Å². The van der Waals surface area contributed by atoms with Gasteiger partial charge in [-0.3, -0.25) is 13.9 Å². The number of aliphatic hydroxyl groups excluding tert-OH is 2. The average molecular weight is 348 g/mol. The molecule has 12 nitrogen and oxygen atoms in total. The van der Waals surface area contributed by atoms with Gasteiger partial charge in [0.05, 0.1) is 19.3 Å². The third-order valence-corrected chi connectivity index (χ3v) is 3.87. The fourth-order valence-corrected chi connectivity index (χ4v) is 2.66. The molecule has 0 aliphatic carbocycles. The first-order valence-corrected chi connectivity index (χ1v) is 7.93. The second-order valence-corrected chi connectivity index (χ2v) is 6.13. The van der Waals surface area contributed by atoms with E-state index in [0.29, 0.717) is 0 Å². The molecule has 0 radical (unpaired) electrons. The first kappa shape index (κ1) is 16.2. The Hall–Kier alpha value is -1.66. The number of H-pyrrole nitrogens is 1. The number of aromatic nitrogens is 4. The third kappa shape index (κ3) is 3.05. The molecular formula is C10H13N4O8P. The van der Waals surface area contributed by atoms with Gasteiger partial charge in [-0.15, -0.1) is 0 Å². The third-order valence-electron chi connectivity index (χ3n) is 3.38. The lowest BCUT2D eigenvalue weighted by Gasteiger charge is -2.16. The van der Waals surface area contributed by atoms with Crippen LogP contribution in [-0.4, -0.2) is 64.4 Å². The molecule has 126 valence electrons. The molecule has 23 heavy (non-hydrogen) atoms. The Morgan fingerprint density at radius 2 is 2.09 bits per heavy atom. The number of hydrogen-bond acceptors (Lipinski definition) is 8. The lowest BCUT2D eigenvalue weighted by Crippen LogP contribution is -2.33. The van der Waals surface area contributed by atoms with Crippen LogP contribution in [0.5, 0.6) is 0 Å². The number of phosphoric acid groups is 1.